The molecule has 2 amide bonds. The van der Waals surface area contributed by atoms with Crippen molar-refractivity contribution in [3.63, 3.8) is 0 Å². The molecule has 11 nitrogen and oxygen atoms in total. The van der Waals surface area contributed by atoms with Crippen molar-refractivity contribution < 1.29 is 9.59 Å². The SMILES string of the molecule is CNC1CN(c2cc(-c3ccc(Cl)c(CC(NC(=O)c4ccnn4C)C(=O)Nc4ccc(-c5cncn5C)cc4)c3)ccn2)C1. The summed E-state index contributed by atoms with van der Waals surface area (Å²) in [6.45, 7) is 1.80. The van der Waals surface area contributed by atoms with E-state index in [0.717, 1.165) is 46.9 Å². The third kappa shape index (κ3) is 6.59. The van der Waals surface area contributed by atoms with Gasteiger partial charge in [0.15, 0.2) is 0 Å². The lowest BCUT2D eigenvalue weighted by atomic mass is 9.98. The van der Waals surface area contributed by atoms with E-state index in [1.165, 1.54) is 10.9 Å². The summed E-state index contributed by atoms with van der Waals surface area (Å²) >= 11 is 6.69. The van der Waals surface area contributed by atoms with Crippen molar-refractivity contribution in [1.82, 2.24) is 34.9 Å². The number of halogens is 1. The summed E-state index contributed by atoms with van der Waals surface area (Å²) in [5, 5.41) is 13.7. The first kappa shape index (κ1) is 30.0. The molecule has 1 aliphatic heterocycles. The smallest absolute Gasteiger partial charge is 0.270 e. The zero-order valence-electron chi connectivity index (χ0n) is 25.2. The van der Waals surface area contributed by atoms with Crippen molar-refractivity contribution >= 4 is 34.9 Å². The minimum atomic E-state index is -0.926. The first-order valence-electron chi connectivity index (χ1n) is 14.6. The van der Waals surface area contributed by atoms with Crippen LogP contribution in [0.4, 0.5) is 11.5 Å². The minimum absolute atomic E-state index is 0.170. The number of carbonyl (C=O) groups excluding carboxylic acids is 2. The van der Waals surface area contributed by atoms with Crippen molar-refractivity contribution in [2.45, 2.75) is 18.5 Å². The van der Waals surface area contributed by atoms with E-state index in [1.54, 1.807) is 31.8 Å². The zero-order chi connectivity index (χ0) is 31.5. The number of hydrogen-bond acceptors (Lipinski definition) is 7. The Balaban J connectivity index is 1.24. The largest absolute Gasteiger partial charge is 0.353 e. The maximum absolute atomic E-state index is 13.7. The fourth-order valence-corrected chi connectivity index (χ4v) is 5.57. The van der Waals surface area contributed by atoms with Crippen LogP contribution >= 0.6 is 11.6 Å². The van der Waals surface area contributed by atoms with Crippen molar-refractivity contribution in [3.05, 3.63) is 102 Å². The molecule has 1 saturated heterocycles. The number of likely N-dealkylation sites (N-methyl/N-ethyl adjacent to an activating group) is 1. The first-order chi connectivity index (χ1) is 21.8. The van der Waals surface area contributed by atoms with Gasteiger partial charge < -0.3 is 25.4 Å². The highest BCUT2D eigenvalue weighted by Crippen LogP contribution is 2.29. The predicted octanol–water partition coefficient (Wildman–Crippen LogP) is 3.92. The molecule has 0 radical (unpaired) electrons. The molecule has 1 fully saturated rings. The highest BCUT2D eigenvalue weighted by molar-refractivity contribution is 6.31. The molecule has 4 heterocycles. The van der Waals surface area contributed by atoms with Gasteiger partial charge in [-0.25, -0.2) is 9.97 Å². The molecule has 0 aliphatic carbocycles. The molecule has 45 heavy (non-hydrogen) atoms. The summed E-state index contributed by atoms with van der Waals surface area (Å²) in [4.78, 5) is 37.9. The van der Waals surface area contributed by atoms with E-state index in [1.807, 2.05) is 67.2 Å². The van der Waals surface area contributed by atoms with Gasteiger partial charge in [-0.3, -0.25) is 14.3 Å². The van der Waals surface area contributed by atoms with E-state index in [4.69, 9.17) is 11.6 Å². The monoisotopic (exact) mass is 623 g/mol. The number of aryl methyl sites for hydroxylation is 2. The maximum atomic E-state index is 13.7. The molecule has 6 rings (SSSR count). The Bertz CT molecular complexity index is 1830. The van der Waals surface area contributed by atoms with Gasteiger partial charge in [0.1, 0.15) is 17.6 Å². The van der Waals surface area contributed by atoms with Crippen molar-refractivity contribution in [2.24, 2.45) is 14.1 Å². The molecule has 0 saturated carbocycles. The fraction of sp³-hybridized carbons (Fsp3) is 0.242. The molecule has 0 bridgehead atoms. The standard InChI is InChI=1S/C33H34ClN9O2/c1-35-26-18-43(19-26)31-16-23(10-12-37-31)22-6-9-27(34)24(14-22)15-28(40-33(45)29-11-13-38-42(29)3)32(44)39-25-7-4-21(5-8-25)30-17-36-20-41(30)2/h4-14,16-17,20,26,28,35H,15,18-19H2,1-3H3,(H,39,44)(H,40,45). The van der Waals surface area contributed by atoms with Crippen LogP contribution in [-0.4, -0.2) is 68.4 Å². The van der Waals surface area contributed by atoms with E-state index in [-0.39, 0.29) is 12.3 Å². The van der Waals surface area contributed by atoms with Crippen LogP contribution in [0.25, 0.3) is 22.4 Å². The number of hydrogen-bond donors (Lipinski definition) is 3. The Kier molecular flexibility index (Phi) is 8.63. The average molecular weight is 624 g/mol. The van der Waals surface area contributed by atoms with Crippen LogP contribution in [0.1, 0.15) is 16.1 Å². The summed E-state index contributed by atoms with van der Waals surface area (Å²) in [5.41, 5.74) is 5.50. The number of nitrogens with one attached hydrogen (secondary N) is 3. The van der Waals surface area contributed by atoms with Crippen LogP contribution in [-0.2, 0) is 25.3 Å². The minimum Gasteiger partial charge on any atom is -0.353 e. The lowest BCUT2D eigenvalue weighted by Gasteiger charge is -2.40. The molecule has 12 heteroatoms. The van der Waals surface area contributed by atoms with Gasteiger partial charge in [-0.2, -0.15) is 5.10 Å². The second-order valence-electron chi connectivity index (χ2n) is 11.1. The third-order valence-corrected chi connectivity index (χ3v) is 8.47. The molecular weight excluding hydrogens is 590 g/mol. The molecule has 1 unspecified atom stereocenters. The number of anilines is 2. The maximum Gasteiger partial charge on any atom is 0.270 e. The molecule has 3 N–H and O–H groups in total. The van der Waals surface area contributed by atoms with Crippen LogP contribution < -0.4 is 20.9 Å². The van der Waals surface area contributed by atoms with E-state index in [2.05, 4.69) is 42.0 Å². The zero-order valence-corrected chi connectivity index (χ0v) is 26.0. The molecule has 230 valence electrons. The number of carbonyl (C=O) groups is 2. The Labute approximate surface area is 266 Å². The summed E-state index contributed by atoms with van der Waals surface area (Å²) in [6, 6.07) is 18.4. The highest BCUT2D eigenvalue weighted by Gasteiger charge is 2.27. The van der Waals surface area contributed by atoms with Crippen LogP contribution in [0.2, 0.25) is 5.02 Å². The predicted molar refractivity (Wildman–Crippen MR) is 175 cm³/mol. The van der Waals surface area contributed by atoms with Crippen molar-refractivity contribution in [1.29, 1.82) is 0 Å². The molecule has 5 aromatic rings. The number of amides is 2. The van der Waals surface area contributed by atoms with Crippen molar-refractivity contribution in [2.75, 3.05) is 30.4 Å². The lowest BCUT2D eigenvalue weighted by Crippen LogP contribution is -2.57. The third-order valence-electron chi connectivity index (χ3n) is 8.10. The Morgan fingerprint density at radius 1 is 0.978 bits per heavy atom. The van der Waals surface area contributed by atoms with Crippen molar-refractivity contribution in [3.8, 4) is 22.4 Å². The first-order valence-corrected chi connectivity index (χ1v) is 15.0. The van der Waals surface area contributed by atoms with E-state index in [0.29, 0.717) is 22.4 Å². The summed E-state index contributed by atoms with van der Waals surface area (Å²) < 4.78 is 3.39. The van der Waals surface area contributed by atoms with Gasteiger partial charge in [-0.1, -0.05) is 29.8 Å². The number of nitrogens with zero attached hydrogens (tertiary/aromatic N) is 6. The second kappa shape index (κ2) is 12.9. The van der Waals surface area contributed by atoms with Gasteiger partial charge in [0.25, 0.3) is 5.91 Å². The highest BCUT2D eigenvalue weighted by atomic mass is 35.5. The molecule has 3 aromatic heterocycles. The number of benzene rings is 2. The average Bonchev–Trinajstić information content (AvgIpc) is 3.65. The Morgan fingerprint density at radius 2 is 1.73 bits per heavy atom. The van der Waals surface area contributed by atoms with Crippen LogP contribution in [0.3, 0.4) is 0 Å². The lowest BCUT2D eigenvalue weighted by molar-refractivity contribution is -0.118. The Morgan fingerprint density at radius 3 is 2.42 bits per heavy atom. The van der Waals surface area contributed by atoms with Gasteiger partial charge in [-0.15, -0.1) is 0 Å². The number of rotatable bonds is 10. The number of aromatic nitrogens is 5. The molecular formula is C33H34ClN9O2. The normalized spacial score (nSPS) is 13.7. The van der Waals surface area contributed by atoms with Gasteiger partial charge in [0.2, 0.25) is 5.91 Å². The molecule has 1 atom stereocenters. The van der Waals surface area contributed by atoms with Gasteiger partial charge >= 0.3 is 0 Å². The van der Waals surface area contributed by atoms with E-state index < -0.39 is 11.9 Å². The quantitative estimate of drug-likeness (QED) is 0.216. The number of imidazole rings is 1. The molecule has 2 aromatic carbocycles. The summed E-state index contributed by atoms with van der Waals surface area (Å²) in [7, 11) is 5.57. The van der Waals surface area contributed by atoms with Gasteiger partial charge in [0, 0.05) is 62.8 Å². The summed E-state index contributed by atoms with van der Waals surface area (Å²) in [6.07, 6.45) is 7.03. The van der Waals surface area contributed by atoms with Crippen LogP contribution in [0.15, 0.2) is 85.6 Å². The second-order valence-corrected chi connectivity index (χ2v) is 11.5. The Hall–Kier alpha value is -5.00. The van der Waals surface area contributed by atoms with Crippen LogP contribution in [0, 0.1) is 0 Å². The van der Waals surface area contributed by atoms with E-state index in [9.17, 15) is 9.59 Å². The topological polar surface area (TPSA) is 122 Å². The van der Waals surface area contributed by atoms with Crippen LogP contribution in [0.5, 0.6) is 0 Å². The number of pyridine rings is 1. The molecule has 0 spiro atoms. The van der Waals surface area contributed by atoms with Gasteiger partial charge in [0.05, 0.1) is 18.2 Å². The fourth-order valence-electron chi connectivity index (χ4n) is 5.38. The van der Waals surface area contributed by atoms with Gasteiger partial charge in [-0.05, 0) is 71.8 Å². The molecule has 1 aliphatic rings. The summed E-state index contributed by atoms with van der Waals surface area (Å²) in [5.74, 6) is 0.121. The van der Waals surface area contributed by atoms with E-state index >= 15 is 0 Å².